The van der Waals surface area contributed by atoms with Crippen molar-refractivity contribution in [2.24, 2.45) is 0 Å². The highest BCUT2D eigenvalue weighted by atomic mass is 16.5. The van der Waals surface area contributed by atoms with Crippen molar-refractivity contribution in [2.75, 3.05) is 18.5 Å². The Balaban J connectivity index is 2.48. The van der Waals surface area contributed by atoms with Crippen molar-refractivity contribution in [1.29, 1.82) is 0 Å². The minimum Gasteiger partial charge on any atom is -0.710 e. The first-order valence-corrected chi connectivity index (χ1v) is 4.32. The van der Waals surface area contributed by atoms with Gasteiger partial charge in [-0.3, -0.25) is 5.32 Å². The summed E-state index contributed by atoms with van der Waals surface area (Å²) in [5, 5.41) is 14.6. The third kappa shape index (κ3) is 1.45. The maximum Gasteiger partial charge on any atom is 0.283 e. The van der Waals surface area contributed by atoms with E-state index in [1.54, 1.807) is 6.92 Å². The zero-order valence-electron chi connectivity index (χ0n) is 7.54. The lowest BCUT2D eigenvalue weighted by Crippen LogP contribution is -2.35. The SMILES string of the molecule is Cc1ccc2c([n+]1[O-])NCCOC2. The predicted octanol–water partition coefficient (Wildman–Crippen LogP) is 0.571. The van der Waals surface area contributed by atoms with E-state index in [2.05, 4.69) is 5.32 Å². The maximum absolute atomic E-state index is 11.6. The Hall–Kier alpha value is -1.29. The van der Waals surface area contributed by atoms with Crippen molar-refractivity contribution in [3.63, 3.8) is 0 Å². The van der Waals surface area contributed by atoms with Crippen molar-refractivity contribution in [2.45, 2.75) is 13.5 Å². The van der Waals surface area contributed by atoms with Gasteiger partial charge in [0.05, 0.1) is 18.8 Å². The molecule has 0 spiro atoms. The van der Waals surface area contributed by atoms with Crippen molar-refractivity contribution >= 4 is 5.82 Å². The third-order valence-electron chi connectivity index (χ3n) is 2.15. The number of pyridine rings is 1. The molecule has 2 heterocycles. The van der Waals surface area contributed by atoms with E-state index >= 15 is 0 Å². The van der Waals surface area contributed by atoms with Gasteiger partial charge in [-0.25, -0.2) is 4.73 Å². The first kappa shape index (κ1) is 8.31. The molecule has 0 saturated carbocycles. The summed E-state index contributed by atoms with van der Waals surface area (Å²) in [6, 6.07) is 3.74. The van der Waals surface area contributed by atoms with Crippen LogP contribution in [-0.4, -0.2) is 13.2 Å². The van der Waals surface area contributed by atoms with Gasteiger partial charge in [0.15, 0.2) is 0 Å². The van der Waals surface area contributed by atoms with Crippen LogP contribution >= 0.6 is 0 Å². The monoisotopic (exact) mass is 180 g/mol. The van der Waals surface area contributed by atoms with E-state index in [0.717, 1.165) is 10.3 Å². The van der Waals surface area contributed by atoms with Gasteiger partial charge in [-0.15, -0.1) is 0 Å². The van der Waals surface area contributed by atoms with Crippen molar-refractivity contribution < 1.29 is 9.47 Å². The number of nitrogens with zero attached hydrogens (tertiary/aromatic N) is 1. The Labute approximate surface area is 76.7 Å². The topological polar surface area (TPSA) is 48.2 Å². The van der Waals surface area contributed by atoms with Crippen LogP contribution in [0.2, 0.25) is 0 Å². The molecule has 0 bridgehead atoms. The number of aryl methyl sites for hydroxylation is 1. The van der Waals surface area contributed by atoms with Crippen LogP contribution in [0.25, 0.3) is 0 Å². The number of anilines is 1. The molecule has 1 aliphatic rings. The Kier molecular flexibility index (Phi) is 2.06. The first-order valence-electron chi connectivity index (χ1n) is 4.32. The number of aromatic nitrogens is 1. The summed E-state index contributed by atoms with van der Waals surface area (Å²) >= 11 is 0. The number of ether oxygens (including phenoxy) is 1. The van der Waals surface area contributed by atoms with Crippen LogP contribution in [0.15, 0.2) is 12.1 Å². The lowest BCUT2D eigenvalue weighted by atomic mass is 10.2. The van der Waals surface area contributed by atoms with Crippen LogP contribution in [0.1, 0.15) is 11.3 Å². The van der Waals surface area contributed by atoms with Crippen LogP contribution in [0.5, 0.6) is 0 Å². The second-order valence-electron chi connectivity index (χ2n) is 3.12. The highest BCUT2D eigenvalue weighted by Crippen LogP contribution is 2.14. The molecular weight excluding hydrogens is 168 g/mol. The highest BCUT2D eigenvalue weighted by Gasteiger charge is 2.15. The molecule has 0 amide bonds. The maximum atomic E-state index is 11.6. The second-order valence-corrected chi connectivity index (χ2v) is 3.12. The predicted molar refractivity (Wildman–Crippen MR) is 48.3 cm³/mol. The van der Waals surface area contributed by atoms with Gasteiger partial charge in [0.1, 0.15) is 12.2 Å². The van der Waals surface area contributed by atoms with Crippen molar-refractivity contribution in [3.8, 4) is 0 Å². The molecule has 1 aliphatic heterocycles. The van der Waals surface area contributed by atoms with Gasteiger partial charge in [0.2, 0.25) is 0 Å². The zero-order chi connectivity index (χ0) is 9.26. The molecular formula is C9H12N2O2. The number of rotatable bonds is 0. The molecule has 0 atom stereocenters. The van der Waals surface area contributed by atoms with Gasteiger partial charge in [-0.05, 0) is 19.1 Å². The molecule has 0 fully saturated rings. The molecule has 4 heteroatoms. The van der Waals surface area contributed by atoms with Crippen molar-refractivity contribution in [3.05, 3.63) is 28.6 Å². The average molecular weight is 180 g/mol. The van der Waals surface area contributed by atoms with Crippen LogP contribution < -0.4 is 10.0 Å². The molecule has 0 aliphatic carbocycles. The Morgan fingerprint density at radius 2 is 2.38 bits per heavy atom. The number of nitrogens with one attached hydrogen (secondary N) is 1. The molecule has 1 N–H and O–H groups in total. The fourth-order valence-electron chi connectivity index (χ4n) is 1.40. The molecule has 2 rings (SSSR count). The normalized spacial score (nSPS) is 15.8. The lowest BCUT2D eigenvalue weighted by molar-refractivity contribution is -0.597. The van der Waals surface area contributed by atoms with Gasteiger partial charge in [-0.2, -0.15) is 0 Å². The van der Waals surface area contributed by atoms with E-state index in [9.17, 15) is 5.21 Å². The minimum atomic E-state index is 0.519. The molecule has 0 aromatic carbocycles. The van der Waals surface area contributed by atoms with Crippen LogP contribution in [0, 0.1) is 12.1 Å². The number of hydrogen-bond acceptors (Lipinski definition) is 3. The summed E-state index contributed by atoms with van der Waals surface area (Å²) in [4.78, 5) is 0. The van der Waals surface area contributed by atoms with Gasteiger partial charge < -0.3 is 9.94 Å². The average Bonchev–Trinajstić information content (AvgIpc) is 2.36. The summed E-state index contributed by atoms with van der Waals surface area (Å²) in [6.07, 6.45) is 0. The fraction of sp³-hybridized carbons (Fsp3) is 0.444. The number of fused-ring (bicyclic) bond motifs is 1. The summed E-state index contributed by atoms with van der Waals surface area (Å²) in [5.74, 6) is 0.637. The van der Waals surface area contributed by atoms with Gasteiger partial charge >= 0.3 is 0 Å². The van der Waals surface area contributed by atoms with Crippen molar-refractivity contribution in [1.82, 2.24) is 0 Å². The first-order chi connectivity index (χ1) is 6.29. The van der Waals surface area contributed by atoms with E-state index in [1.807, 2.05) is 12.1 Å². The highest BCUT2D eigenvalue weighted by molar-refractivity contribution is 5.40. The summed E-state index contributed by atoms with van der Waals surface area (Å²) < 4.78 is 6.22. The quantitative estimate of drug-likeness (QED) is 0.469. The molecule has 0 unspecified atom stereocenters. The molecule has 1 aromatic heterocycles. The second kappa shape index (κ2) is 3.22. The van der Waals surface area contributed by atoms with E-state index < -0.39 is 0 Å². The summed E-state index contributed by atoms with van der Waals surface area (Å²) in [6.45, 7) is 3.65. The van der Waals surface area contributed by atoms with Gasteiger partial charge in [0, 0.05) is 0 Å². The number of hydrogen-bond donors (Lipinski definition) is 1. The third-order valence-corrected chi connectivity index (χ3v) is 2.15. The standard InChI is InChI=1S/C9H12N2O2/c1-7-2-3-8-6-13-5-4-10-9(8)11(7)12/h2-3,10H,4-6H2,1H3. The Morgan fingerprint density at radius 1 is 1.54 bits per heavy atom. The van der Waals surface area contributed by atoms with Crippen LogP contribution in [0.3, 0.4) is 0 Å². The smallest absolute Gasteiger partial charge is 0.283 e. The molecule has 0 radical (unpaired) electrons. The van der Waals surface area contributed by atoms with Crippen LogP contribution in [0.4, 0.5) is 5.82 Å². The zero-order valence-corrected chi connectivity index (χ0v) is 7.54. The van der Waals surface area contributed by atoms with Crippen LogP contribution in [-0.2, 0) is 11.3 Å². The molecule has 0 saturated heterocycles. The Morgan fingerprint density at radius 3 is 3.23 bits per heavy atom. The lowest BCUT2D eigenvalue weighted by Gasteiger charge is -2.12. The van der Waals surface area contributed by atoms with E-state index in [4.69, 9.17) is 4.74 Å². The molecule has 70 valence electrons. The molecule has 13 heavy (non-hydrogen) atoms. The summed E-state index contributed by atoms with van der Waals surface area (Å²) in [7, 11) is 0. The van der Waals surface area contributed by atoms with Gasteiger partial charge in [0.25, 0.3) is 5.82 Å². The minimum absolute atomic E-state index is 0.519. The fourth-order valence-corrected chi connectivity index (χ4v) is 1.40. The molecule has 4 nitrogen and oxygen atoms in total. The van der Waals surface area contributed by atoms with E-state index in [1.165, 1.54) is 0 Å². The summed E-state index contributed by atoms with van der Waals surface area (Å²) in [5.41, 5.74) is 1.63. The largest absolute Gasteiger partial charge is 0.710 e. The van der Waals surface area contributed by atoms with E-state index in [0.29, 0.717) is 31.3 Å². The van der Waals surface area contributed by atoms with Gasteiger partial charge in [-0.1, -0.05) is 0 Å². The Bertz CT molecular complexity index is 326. The van der Waals surface area contributed by atoms with E-state index in [-0.39, 0.29) is 0 Å². The molecule has 1 aromatic rings.